The van der Waals surface area contributed by atoms with Crippen molar-refractivity contribution in [3.8, 4) is 0 Å². The summed E-state index contributed by atoms with van der Waals surface area (Å²) in [4.78, 5) is 2.79. The van der Waals surface area contributed by atoms with Crippen LogP contribution in [0, 0.1) is 5.39 Å². The van der Waals surface area contributed by atoms with Crippen LogP contribution in [0.4, 0.5) is 0 Å². The van der Waals surface area contributed by atoms with Crippen molar-refractivity contribution in [3.63, 3.8) is 0 Å². The van der Waals surface area contributed by atoms with Crippen molar-refractivity contribution < 1.29 is 9.84 Å². The zero-order valence-corrected chi connectivity index (χ0v) is 9.49. The first-order valence-corrected chi connectivity index (χ1v) is 5.72. The summed E-state index contributed by atoms with van der Waals surface area (Å²) in [6.45, 7) is 0. The highest BCUT2D eigenvalue weighted by Crippen LogP contribution is 2.34. The van der Waals surface area contributed by atoms with Gasteiger partial charge in [-0.15, -0.1) is 0 Å². The van der Waals surface area contributed by atoms with Crippen LogP contribution in [-0.2, 0) is 4.74 Å². The minimum Gasteiger partial charge on any atom is -0.505 e. The lowest BCUT2D eigenvalue weighted by molar-refractivity contribution is 0.0396. The van der Waals surface area contributed by atoms with E-state index in [0.29, 0.717) is 6.42 Å². The van der Waals surface area contributed by atoms with Gasteiger partial charge < -0.3 is 9.84 Å². The first-order chi connectivity index (χ1) is 8.29. The average molecular weight is 231 g/mol. The lowest BCUT2D eigenvalue weighted by Gasteiger charge is -2.12. The highest BCUT2D eigenvalue weighted by Gasteiger charge is 2.27. The second kappa shape index (κ2) is 5.46. The van der Waals surface area contributed by atoms with Crippen molar-refractivity contribution in [2.24, 2.45) is 0 Å². The van der Waals surface area contributed by atoms with Crippen LogP contribution < -0.4 is 0 Å². The van der Waals surface area contributed by atoms with E-state index in [9.17, 15) is 5.11 Å². The van der Waals surface area contributed by atoms with E-state index in [0.717, 1.165) is 19.0 Å². The molecule has 1 aliphatic rings. The van der Waals surface area contributed by atoms with Crippen molar-refractivity contribution in [1.82, 2.24) is 0 Å². The van der Waals surface area contributed by atoms with Crippen molar-refractivity contribution >= 4 is 0 Å². The molecular weight excluding hydrogens is 216 g/mol. The Morgan fingerprint density at radius 1 is 1.41 bits per heavy atom. The third-order valence-electron chi connectivity index (χ3n) is 2.92. The Morgan fingerprint density at radius 2 is 2.18 bits per heavy atom. The number of aliphatic hydroxyl groups excluding tert-OH is 1. The van der Waals surface area contributed by atoms with Gasteiger partial charge in [-0.2, -0.15) is 0 Å². The Kier molecular flexibility index (Phi) is 3.73. The molecule has 0 amide bonds. The summed E-state index contributed by atoms with van der Waals surface area (Å²) in [5.41, 5.74) is 1.17. The normalized spacial score (nSPS) is 24.5. The van der Waals surface area contributed by atoms with Crippen LogP contribution in [0.25, 0.3) is 4.98 Å². The van der Waals surface area contributed by atoms with Crippen LogP contribution in [0.1, 0.15) is 30.9 Å². The maximum absolute atomic E-state index is 9.39. The quantitative estimate of drug-likeness (QED) is 0.639. The standard InChI is InChI=1S/C13H14N2O2/c14-15-9-11(16)8-12-6-7-13(17-12)10-4-2-1-3-5-10/h1-5,9,12-13H,6-8H2/p+1/b11-9+/t12-,13-/m0/s1. The smallest absolute Gasteiger partial charge is 0.387 e. The predicted octanol–water partition coefficient (Wildman–Crippen LogP) is 3.55. The number of rotatable bonds is 3. The Labute approximate surface area is 100 Å². The monoisotopic (exact) mass is 231 g/mol. The number of hydrogen-bond acceptors (Lipinski definition) is 3. The third-order valence-corrected chi connectivity index (χ3v) is 2.92. The Bertz CT molecular complexity index is 436. The van der Waals surface area contributed by atoms with Crippen LogP contribution in [0.3, 0.4) is 0 Å². The molecule has 1 N–H and O–H groups in total. The molecule has 4 nitrogen and oxygen atoms in total. The van der Waals surface area contributed by atoms with Gasteiger partial charge in [-0.1, -0.05) is 30.3 Å². The molecule has 0 saturated carbocycles. The van der Waals surface area contributed by atoms with Crippen molar-refractivity contribution in [3.05, 3.63) is 52.8 Å². The highest BCUT2D eigenvalue weighted by atomic mass is 16.5. The molecule has 1 heterocycles. The third kappa shape index (κ3) is 3.05. The SMILES string of the molecule is N#[N+]/C=C(/O)C[C@@H]1CC[C@@H](c2ccccc2)O1. The molecule has 1 aliphatic heterocycles. The average Bonchev–Trinajstić information content (AvgIpc) is 2.79. The Morgan fingerprint density at radius 3 is 2.88 bits per heavy atom. The zero-order chi connectivity index (χ0) is 12.1. The molecule has 1 aromatic rings. The van der Waals surface area contributed by atoms with Gasteiger partial charge in [-0.25, -0.2) is 0 Å². The van der Waals surface area contributed by atoms with Gasteiger partial charge >= 0.3 is 6.20 Å². The van der Waals surface area contributed by atoms with Gasteiger partial charge in [-0.05, 0) is 18.4 Å². The molecule has 1 fully saturated rings. The lowest BCUT2D eigenvalue weighted by Crippen LogP contribution is -2.07. The van der Waals surface area contributed by atoms with Crippen LogP contribution >= 0.6 is 0 Å². The van der Waals surface area contributed by atoms with Gasteiger partial charge in [0, 0.05) is 6.42 Å². The second-order valence-electron chi connectivity index (χ2n) is 4.17. The molecule has 88 valence electrons. The number of benzene rings is 1. The molecule has 0 spiro atoms. The molecule has 1 saturated heterocycles. The number of aliphatic hydroxyl groups is 1. The first-order valence-electron chi connectivity index (χ1n) is 5.72. The lowest BCUT2D eigenvalue weighted by atomic mass is 10.1. The molecule has 0 bridgehead atoms. The zero-order valence-electron chi connectivity index (χ0n) is 9.49. The van der Waals surface area contributed by atoms with E-state index in [-0.39, 0.29) is 18.0 Å². The van der Waals surface area contributed by atoms with Crippen LogP contribution in [0.15, 0.2) is 42.3 Å². The van der Waals surface area contributed by atoms with Gasteiger partial charge in [0.25, 0.3) is 0 Å². The summed E-state index contributed by atoms with van der Waals surface area (Å²) in [6, 6.07) is 10.1. The van der Waals surface area contributed by atoms with Crippen molar-refractivity contribution in [2.75, 3.05) is 0 Å². The highest BCUT2D eigenvalue weighted by molar-refractivity contribution is 5.18. The fraction of sp³-hybridized carbons (Fsp3) is 0.385. The largest absolute Gasteiger partial charge is 0.505 e. The van der Waals surface area contributed by atoms with Crippen LogP contribution in [0.2, 0.25) is 0 Å². The fourth-order valence-corrected chi connectivity index (χ4v) is 2.12. The molecule has 2 rings (SSSR count). The molecule has 0 aromatic heterocycles. The molecule has 1 aromatic carbocycles. The summed E-state index contributed by atoms with van der Waals surface area (Å²) < 4.78 is 5.84. The van der Waals surface area contributed by atoms with Crippen LogP contribution in [-0.4, -0.2) is 11.2 Å². The topological polar surface area (TPSA) is 57.6 Å². The molecule has 0 aliphatic carbocycles. The van der Waals surface area contributed by atoms with Crippen LogP contribution in [0.5, 0.6) is 0 Å². The van der Waals surface area contributed by atoms with E-state index in [4.69, 9.17) is 10.1 Å². The van der Waals surface area contributed by atoms with Gasteiger partial charge in [0.05, 0.1) is 12.2 Å². The summed E-state index contributed by atoms with van der Waals surface area (Å²) in [7, 11) is 0. The number of nitrogens with zero attached hydrogens (tertiary/aromatic N) is 2. The maximum atomic E-state index is 9.39. The van der Waals surface area contributed by atoms with E-state index >= 15 is 0 Å². The molecule has 17 heavy (non-hydrogen) atoms. The summed E-state index contributed by atoms with van der Waals surface area (Å²) in [5, 5.41) is 17.7. The number of hydrogen-bond donors (Lipinski definition) is 1. The van der Waals surface area contributed by atoms with Crippen molar-refractivity contribution in [2.45, 2.75) is 31.5 Å². The van der Waals surface area contributed by atoms with Crippen molar-refractivity contribution in [1.29, 1.82) is 5.39 Å². The molecule has 0 radical (unpaired) electrons. The van der Waals surface area contributed by atoms with E-state index in [1.165, 1.54) is 5.56 Å². The summed E-state index contributed by atoms with van der Waals surface area (Å²) in [6.07, 6.45) is 3.41. The van der Waals surface area contributed by atoms with E-state index < -0.39 is 0 Å². The Hall–Kier alpha value is -1.86. The second-order valence-corrected chi connectivity index (χ2v) is 4.17. The number of ether oxygens (including phenoxy) is 1. The van der Waals surface area contributed by atoms with E-state index in [2.05, 4.69) is 4.98 Å². The van der Waals surface area contributed by atoms with E-state index in [1.54, 1.807) is 0 Å². The molecule has 4 heteroatoms. The van der Waals surface area contributed by atoms with Gasteiger partial charge in [-0.3, -0.25) is 0 Å². The number of diazo groups is 1. The maximum Gasteiger partial charge on any atom is 0.387 e. The van der Waals surface area contributed by atoms with Gasteiger partial charge in [0.1, 0.15) is 0 Å². The molecule has 2 atom stereocenters. The summed E-state index contributed by atoms with van der Waals surface area (Å²) in [5.74, 6) is 0.0474. The summed E-state index contributed by atoms with van der Waals surface area (Å²) >= 11 is 0. The van der Waals surface area contributed by atoms with Gasteiger partial charge in [0.2, 0.25) is 5.39 Å². The predicted molar refractivity (Wildman–Crippen MR) is 63.7 cm³/mol. The van der Waals surface area contributed by atoms with E-state index in [1.807, 2.05) is 30.3 Å². The Balaban J connectivity index is 1.93. The van der Waals surface area contributed by atoms with Gasteiger partial charge in [0.15, 0.2) is 10.7 Å². The molecule has 0 unspecified atom stereocenters. The minimum atomic E-state index is -0.00166. The minimum absolute atomic E-state index is 0.00166. The first kappa shape index (κ1) is 11.6. The molecular formula is C13H15N2O2+. The fourth-order valence-electron chi connectivity index (χ4n) is 2.12.